The first-order chi connectivity index (χ1) is 10.7. The number of methoxy groups -OCH3 is 1. The predicted octanol–water partition coefficient (Wildman–Crippen LogP) is 0.679. The Morgan fingerprint density at radius 2 is 1.78 bits per heavy atom. The third-order valence-electron chi connectivity index (χ3n) is 2.90. The second-order valence-electron chi connectivity index (χ2n) is 4.33. The standard InChI is InChI=1S/C12H21N4O6P/c1-5-21-23(19,22-6-2)9-8(11(17)20-4)7(3)16(10(9)13)15-12(14)18/h5-6,13H2,1-4H3,(H3,14,15,18). The van der Waals surface area contributed by atoms with Crippen LogP contribution in [-0.4, -0.2) is 37.0 Å². The summed E-state index contributed by atoms with van der Waals surface area (Å²) in [4.78, 5) is 23.2. The number of rotatable bonds is 7. The summed E-state index contributed by atoms with van der Waals surface area (Å²) in [7, 11) is -2.74. The van der Waals surface area contributed by atoms with Crippen molar-refractivity contribution >= 4 is 30.7 Å². The topological polar surface area (TPSA) is 148 Å². The normalized spacial score (nSPS) is 11.3. The lowest BCUT2D eigenvalue weighted by atomic mass is 10.2. The number of ether oxygens (including phenoxy) is 1. The van der Waals surface area contributed by atoms with Crippen LogP contribution >= 0.6 is 7.60 Å². The fourth-order valence-corrected chi connectivity index (χ4v) is 4.00. The van der Waals surface area contributed by atoms with Gasteiger partial charge in [0.2, 0.25) is 0 Å². The number of nitrogens with one attached hydrogen (secondary N) is 1. The minimum absolute atomic E-state index is 0.0603. The number of primary amides is 1. The Balaban J connectivity index is 3.70. The largest absolute Gasteiger partial charge is 0.465 e. The van der Waals surface area contributed by atoms with E-state index >= 15 is 0 Å². The van der Waals surface area contributed by atoms with Crippen LogP contribution in [0.5, 0.6) is 0 Å². The summed E-state index contributed by atoms with van der Waals surface area (Å²) in [5.74, 6) is -0.985. The SMILES string of the molecule is CCOP(=O)(OCC)c1c(C(=O)OC)c(C)n(NC(N)=O)c1N. The lowest BCUT2D eigenvalue weighted by Gasteiger charge is -2.18. The van der Waals surface area contributed by atoms with Crippen LogP contribution < -0.4 is 22.2 Å². The van der Waals surface area contributed by atoms with Crippen LogP contribution in [0.4, 0.5) is 10.6 Å². The maximum atomic E-state index is 13.0. The van der Waals surface area contributed by atoms with Gasteiger partial charge in [-0.3, -0.25) is 4.57 Å². The van der Waals surface area contributed by atoms with Gasteiger partial charge in [-0.15, -0.1) is 0 Å². The molecular formula is C12H21N4O6P. The molecule has 0 saturated carbocycles. The lowest BCUT2D eigenvalue weighted by Crippen LogP contribution is -2.30. The Morgan fingerprint density at radius 1 is 1.26 bits per heavy atom. The van der Waals surface area contributed by atoms with Gasteiger partial charge in [0.25, 0.3) is 0 Å². The highest BCUT2D eigenvalue weighted by Gasteiger charge is 2.39. The van der Waals surface area contributed by atoms with Gasteiger partial charge in [-0.05, 0) is 20.8 Å². The molecule has 5 N–H and O–H groups in total. The first-order valence-corrected chi connectivity index (χ1v) is 8.32. The van der Waals surface area contributed by atoms with Crippen molar-refractivity contribution in [3.63, 3.8) is 0 Å². The average molecular weight is 348 g/mol. The molecule has 0 saturated heterocycles. The number of anilines is 1. The van der Waals surface area contributed by atoms with Crippen molar-refractivity contribution in [1.82, 2.24) is 4.68 Å². The summed E-state index contributed by atoms with van der Waals surface area (Å²) < 4.78 is 29.2. The van der Waals surface area contributed by atoms with Crippen molar-refractivity contribution in [2.45, 2.75) is 20.8 Å². The number of esters is 1. The molecule has 2 amide bonds. The van der Waals surface area contributed by atoms with E-state index in [9.17, 15) is 14.2 Å². The van der Waals surface area contributed by atoms with Gasteiger partial charge >= 0.3 is 19.6 Å². The number of hydrogen-bond acceptors (Lipinski definition) is 7. The molecule has 0 unspecified atom stereocenters. The Kier molecular flexibility index (Phi) is 6.20. The number of nitrogens with zero attached hydrogens (tertiary/aromatic N) is 1. The van der Waals surface area contributed by atoms with Crippen LogP contribution in [0.3, 0.4) is 0 Å². The van der Waals surface area contributed by atoms with Gasteiger partial charge in [0.15, 0.2) is 0 Å². The second kappa shape index (κ2) is 7.49. The minimum atomic E-state index is -3.90. The molecule has 1 heterocycles. The van der Waals surface area contributed by atoms with Gasteiger partial charge in [-0.2, -0.15) is 0 Å². The third kappa shape index (κ3) is 3.66. The molecule has 0 radical (unpaired) electrons. The highest BCUT2D eigenvalue weighted by atomic mass is 31.2. The molecule has 0 aromatic carbocycles. The van der Waals surface area contributed by atoms with E-state index < -0.39 is 19.6 Å². The summed E-state index contributed by atoms with van der Waals surface area (Å²) in [6.07, 6.45) is 0. The molecule has 10 nitrogen and oxygen atoms in total. The quantitative estimate of drug-likeness (QED) is 0.484. The number of nitrogens with two attached hydrogens (primary N) is 2. The van der Waals surface area contributed by atoms with Crippen molar-refractivity contribution in [3.8, 4) is 0 Å². The first kappa shape index (κ1) is 19.0. The minimum Gasteiger partial charge on any atom is -0.465 e. The van der Waals surface area contributed by atoms with Crippen molar-refractivity contribution in [2.75, 3.05) is 31.5 Å². The molecular weight excluding hydrogens is 327 g/mol. The molecule has 0 bridgehead atoms. The molecule has 0 atom stereocenters. The number of hydrogen-bond donors (Lipinski definition) is 3. The van der Waals surface area contributed by atoms with Crippen molar-refractivity contribution in [1.29, 1.82) is 0 Å². The smallest absolute Gasteiger partial charge is 0.365 e. The summed E-state index contributed by atoms with van der Waals surface area (Å²) in [6, 6.07) is -0.916. The summed E-state index contributed by atoms with van der Waals surface area (Å²) in [5, 5.41) is -0.167. The average Bonchev–Trinajstić information content (AvgIpc) is 2.71. The highest BCUT2D eigenvalue weighted by molar-refractivity contribution is 7.62. The number of carbonyl (C=O) groups is 2. The molecule has 0 aliphatic heterocycles. The Morgan fingerprint density at radius 3 is 2.17 bits per heavy atom. The number of amides is 2. The van der Waals surface area contributed by atoms with Gasteiger partial charge in [-0.25, -0.2) is 19.7 Å². The summed E-state index contributed by atoms with van der Waals surface area (Å²) in [6.45, 7) is 4.83. The fraction of sp³-hybridized carbons (Fsp3) is 0.500. The molecule has 11 heteroatoms. The van der Waals surface area contributed by atoms with Crippen LogP contribution in [0.1, 0.15) is 29.9 Å². The molecule has 0 aliphatic rings. The van der Waals surface area contributed by atoms with Crippen LogP contribution in [0.25, 0.3) is 0 Å². The molecule has 0 aliphatic carbocycles. The summed E-state index contributed by atoms with van der Waals surface area (Å²) >= 11 is 0. The Bertz CT molecular complexity index is 646. The van der Waals surface area contributed by atoms with Crippen LogP contribution in [0.2, 0.25) is 0 Å². The molecule has 23 heavy (non-hydrogen) atoms. The van der Waals surface area contributed by atoms with Crippen LogP contribution in [0, 0.1) is 6.92 Å². The fourth-order valence-electron chi connectivity index (χ4n) is 2.08. The maximum absolute atomic E-state index is 13.0. The third-order valence-corrected chi connectivity index (χ3v) is 5.10. The van der Waals surface area contributed by atoms with E-state index in [4.69, 9.17) is 25.3 Å². The van der Waals surface area contributed by atoms with Crippen molar-refractivity contribution < 1.29 is 27.9 Å². The van der Waals surface area contributed by atoms with Crippen LogP contribution in [-0.2, 0) is 18.3 Å². The zero-order chi connectivity index (χ0) is 17.8. The van der Waals surface area contributed by atoms with Crippen LogP contribution in [0.15, 0.2) is 0 Å². The number of nitrogen functional groups attached to an aromatic ring is 1. The number of aromatic nitrogens is 1. The van der Waals surface area contributed by atoms with E-state index in [2.05, 4.69) is 5.43 Å². The highest BCUT2D eigenvalue weighted by Crippen LogP contribution is 2.50. The molecule has 130 valence electrons. The molecule has 0 fully saturated rings. The van der Waals surface area contributed by atoms with Gasteiger partial charge in [-0.1, -0.05) is 0 Å². The zero-order valence-corrected chi connectivity index (χ0v) is 14.3. The molecule has 1 rings (SSSR count). The summed E-state index contributed by atoms with van der Waals surface area (Å²) in [5.41, 5.74) is 13.3. The van der Waals surface area contributed by atoms with Gasteiger partial charge < -0.3 is 25.3 Å². The van der Waals surface area contributed by atoms with Crippen molar-refractivity contribution in [3.05, 3.63) is 11.3 Å². The number of carbonyl (C=O) groups excluding carboxylic acids is 2. The van der Waals surface area contributed by atoms with E-state index in [-0.39, 0.29) is 35.6 Å². The van der Waals surface area contributed by atoms with E-state index in [1.54, 1.807) is 13.8 Å². The molecule has 1 aromatic heterocycles. The van der Waals surface area contributed by atoms with E-state index in [0.29, 0.717) is 0 Å². The van der Waals surface area contributed by atoms with Gasteiger partial charge in [0.05, 0.1) is 31.6 Å². The van der Waals surface area contributed by atoms with E-state index in [1.165, 1.54) is 6.92 Å². The number of urea groups is 1. The predicted molar refractivity (Wildman–Crippen MR) is 84.4 cm³/mol. The van der Waals surface area contributed by atoms with E-state index in [1.807, 2.05) is 0 Å². The van der Waals surface area contributed by atoms with E-state index in [0.717, 1.165) is 11.8 Å². The first-order valence-electron chi connectivity index (χ1n) is 6.78. The Hall–Kier alpha value is -2.03. The Labute approximate surface area is 133 Å². The lowest BCUT2D eigenvalue weighted by molar-refractivity contribution is 0.0600. The monoisotopic (exact) mass is 348 g/mol. The van der Waals surface area contributed by atoms with Crippen molar-refractivity contribution in [2.24, 2.45) is 5.73 Å². The second-order valence-corrected chi connectivity index (χ2v) is 6.29. The molecule has 1 aromatic rings. The van der Waals surface area contributed by atoms with Gasteiger partial charge in [0, 0.05) is 0 Å². The maximum Gasteiger partial charge on any atom is 0.365 e. The molecule has 0 spiro atoms. The van der Waals surface area contributed by atoms with Gasteiger partial charge in [0.1, 0.15) is 11.1 Å². The zero-order valence-electron chi connectivity index (χ0n) is 13.4.